The van der Waals surface area contributed by atoms with Crippen LogP contribution in [0.3, 0.4) is 0 Å². The molecular formula is C22H30F3N5O3. The highest BCUT2D eigenvalue weighted by atomic mass is 19.4. The number of imidazole rings is 1. The molecule has 0 radical (unpaired) electrons. The minimum absolute atomic E-state index is 0.0896. The van der Waals surface area contributed by atoms with Crippen LogP contribution in [0, 0.1) is 0 Å². The first kappa shape index (κ1) is 24.8. The normalized spacial score (nSPS) is 18.5. The minimum Gasteiger partial charge on any atom is -0.444 e. The fourth-order valence-electron chi connectivity index (χ4n) is 3.82. The summed E-state index contributed by atoms with van der Waals surface area (Å²) in [5, 5.41) is 2.89. The van der Waals surface area contributed by atoms with Gasteiger partial charge in [-0.3, -0.25) is 9.69 Å². The molecule has 1 aliphatic heterocycles. The minimum atomic E-state index is -4.52. The van der Waals surface area contributed by atoms with E-state index in [9.17, 15) is 22.8 Å². The van der Waals surface area contributed by atoms with E-state index in [4.69, 9.17) is 4.74 Å². The summed E-state index contributed by atoms with van der Waals surface area (Å²) in [5.41, 5.74) is -2.63. The Kier molecular flexibility index (Phi) is 6.40. The van der Waals surface area contributed by atoms with Crippen molar-refractivity contribution >= 4 is 17.5 Å². The number of fused-ring (bicyclic) bond motifs is 1. The zero-order valence-corrected chi connectivity index (χ0v) is 19.7. The first-order valence-electron chi connectivity index (χ1n) is 10.6. The van der Waals surface area contributed by atoms with Crippen molar-refractivity contribution in [1.29, 1.82) is 0 Å². The summed E-state index contributed by atoms with van der Waals surface area (Å²) in [6.07, 6.45) is -2.38. The largest absolute Gasteiger partial charge is 0.444 e. The Hall–Kier alpha value is -2.82. The molecule has 0 aliphatic carbocycles. The van der Waals surface area contributed by atoms with E-state index >= 15 is 0 Å². The lowest BCUT2D eigenvalue weighted by atomic mass is 10.0. The summed E-state index contributed by atoms with van der Waals surface area (Å²) in [5.74, 6) is -0.0982. The number of alkyl halides is 3. The van der Waals surface area contributed by atoms with Crippen LogP contribution in [-0.4, -0.2) is 69.5 Å². The highest BCUT2D eigenvalue weighted by molar-refractivity contribution is 5.83. The van der Waals surface area contributed by atoms with Crippen LogP contribution in [0.2, 0.25) is 0 Å². The van der Waals surface area contributed by atoms with Crippen LogP contribution < -0.4 is 5.32 Å². The van der Waals surface area contributed by atoms with Gasteiger partial charge in [0.25, 0.3) is 0 Å². The molecule has 2 amide bonds. The number of carbonyl (C=O) groups is 2. The maximum absolute atomic E-state index is 13.4. The summed E-state index contributed by atoms with van der Waals surface area (Å²) in [6.45, 7) is 9.69. The molecular weight excluding hydrogens is 439 g/mol. The van der Waals surface area contributed by atoms with Gasteiger partial charge in [-0.15, -0.1) is 0 Å². The zero-order chi connectivity index (χ0) is 24.8. The average Bonchev–Trinajstić information content (AvgIpc) is 3.10. The molecule has 0 spiro atoms. The van der Waals surface area contributed by atoms with Gasteiger partial charge in [0.15, 0.2) is 0 Å². The third kappa shape index (κ3) is 5.40. The van der Waals surface area contributed by atoms with Crippen molar-refractivity contribution in [2.75, 3.05) is 26.7 Å². The molecule has 1 fully saturated rings. The number of rotatable bonds is 3. The molecule has 8 nitrogen and oxygen atoms in total. The van der Waals surface area contributed by atoms with Gasteiger partial charge in [-0.25, -0.2) is 9.78 Å². The van der Waals surface area contributed by atoms with Crippen molar-refractivity contribution in [3.63, 3.8) is 0 Å². The van der Waals surface area contributed by atoms with E-state index in [1.54, 1.807) is 41.7 Å². The van der Waals surface area contributed by atoms with E-state index in [1.165, 1.54) is 21.6 Å². The quantitative estimate of drug-likeness (QED) is 0.747. The van der Waals surface area contributed by atoms with Gasteiger partial charge in [0.2, 0.25) is 5.91 Å². The monoisotopic (exact) mass is 469 g/mol. The molecule has 1 aliphatic rings. The number of piperazine rings is 1. The first-order valence-corrected chi connectivity index (χ1v) is 10.6. The third-order valence-electron chi connectivity index (χ3n) is 5.47. The molecule has 3 heterocycles. The molecule has 11 heteroatoms. The Balaban J connectivity index is 1.81. The molecule has 0 bridgehead atoms. The second-order valence-electron chi connectivity index (χ2n) is 9.79. The van der Waals surface area contributed by atoms with Crippen molar-refractivity contribution in [2.24, 2.45) is 0 Å². The number of aromatic nitrogens is 2. The predicted octanol–water partition coefficient (Wildman–Crippen LogP) is 3.26. The summed E-state index contributed by atoms with van der Waals surface area (Å²) in [7, 11) is 1.78. The standard InChI is InChI=1S/C22H30F3N5O3/c1-20(2,3)33-19(32)29-11-10-28(6)16(13-29)17(31)27-21(4,5)18-26-12-15-14(22(23,24)25)8-7-9-30(15)18/h7-9,12,16H,10-11,13H2,1-6H3,(H,27,31)/t16-/m0/s1. The van der Waals surface area contributed by atoms with Crippen molar-refractivity contribution in [3.05, 3.63) is 35.9 Å². The zero-order valence-electron chi connectivity index (χ0n) is 19.7. The van der Waals surface area contributed by atoms with Gasteiger partial charge < -0.3 is 19.4 Å². The van der Waals surface area contributed by atoms with Crippen LogP contribution in [0.1, 0.15) is 46.0 Å². The molecule has 182 valence electrons. The van der Waals surface area contributed by atoms with Gasteiger partial charge in [0.1, 0.15) is 17.5 Å². The maximum atomic E-state index is 13.4. The Morgan fingerprint density at radius 3 is 2.42 bits per heavy atom. The average molecular weight is 470 g/mol. The van der Waals surface area contributed by atoms with Gasteiger partial charge in [-0.1, -0.05) is 0 Å². The van der Waals surface area contributed by atoms with Crippen LogP contribution in [0.15, 0.2) is 24.5 Å². The van der Waals surface area contributed by atoms with Crippen molar-refractivity contribution in [2.45, 2.75) is 58.0 Å². The van der Waals surface area contributed by atoms with E-state index in [2.05, 4.69) is 10.3 Å². The number of halogens is 3. The second kappa shape index (κ2) is 8.51. The molecule has 2 aromatic heterocycles. The van der Waals surface area contributed by atoms with Crippen molar-refractivity contribution in [3.8, 4) is 0 Å². The molecule has 1 atom stereocenters. The summed E-state index contributed by atoms with van der Waals surface area (Å²) >= 11 is 0. The molecule has 1 saturated heterocycles. The Morgan fingerprint density at radius 2 is 1.82 bits per heavy atom. The lowest BCUT2D eigenvalue weighted by molar-refractivity contribution is -0.136. The Labute approximate surface area is 190 Å². The third-order valence-corrected chi connectivity index (χ3v) is 5.47. The SMILES string of the molecule is CN1CCN(C(=O)OC(C)(C)C)C[C@H]1C(=O)NC(C)(C)c1ncc2c(C(F)(F)F)cccn12. The molecule has 0 unspecified atom stereocenters. The number of ether oxygens (including phenoxy) is 1. The van der Waals surface area contributed by atoms with Gasteiger partial charge in [-0.05, 0) is 53.8 Å². The summed E-state index contributed by atoms with van der Waals surface area (Å²) < 4.78 is 46.8. The van der Waals surface area contributed by atoms with Crippen LogP contribution >= 0.6 is 0 Å². The van der Waals surface area contributed by atoms with Crippen LogP contribution in [0.4, 0.5) is 18.0 Å². The number of likely N-dealkylation sites (N-methyl/N-ethyl adjacent to an activating group) is 1. The van der Waals surface area contributed by atoms with Crippen LogP contribution in [0.25, 0.3) is 5.52 Å². The molecule has 0 saturated carbocycles. The van der Waals surface area contributed by atoms with Gasteiger partial charge >= 0.3 is 12.3 Å². The van der Waals surface area contributed by atoms with E-state index in [-0.39, 0.29) is 23.8 Å². The van der Waals surface area contributed by atoms with Crippen molar-refractivity contribution in [1.82, 2.24) is 24.5 Å². The van der Waals surface area contributed by atoms with Gasteiger partial charge in [-0.2, -0.15) is 13.2 Å². The summed E-state index contributed by atoms with van der Waals surface area (Å²) in [4.78, 5) is 33.2. The maximum Gasteiger partial charge on any atom is 0.418 e. The van der Waals surface area contributed by atoms with Gasteiger partial charge in [0.05, 0.1) is 22.8 Å². The number of amides is 2. The van der Waals surface area contributed by atoms with Crippen LogP contribution in [-0.2, 0) is 21.2 Å². The predicted molar refractivity (Wildman–Crippen MR) is 116 cm³/mol. The Bertz CT molecular complexity index is 1040. The number of carbonyl (C=O) groups excluding carboxylic acids is 2. The fourth-order valence-corrected chi connectivity index (χ4v) is 3.82. The Morgan fingerprint density at radius 1 is 1.15 bits per heavy atom. The fraction of sp³-hybridized carbons (Fsp3) is 0.591. The lowest BCUT2D eigenvalue weighted by Gasteiger charge is -2.40. The van der Waals surface area contributed by atoms with E-state index < -0.39 is 35.0 Å². The molecule has 0 aromatic carbocycles. The lowest BCUT2D eigenvalue weighted by Crippen LogP contribution is -2.61. The van der Waals surface area contributed by atoms with E-state index in [1.807, 2.05) is 4.90 Å². The smallest absolute Gasteiger partial charge is 0.418 e. The topological polar surface area (TPSA) is 79.2 Å². The molecule has 33 heavy (non-hydrogen) atoms. The van der Waals surface area contributed by atoms with E-state index in [0.29, 0.717) is 13.1 Å². The molecule has 2 aromatic rings. The molecule has 1 N–H and O–H groups in total. The summed E-state index contributed by atoms with van der Waals surface area (Å²) in [6, 6.07) is 1.64. The van der Waals surface area contributed by atoms with Gasteiger partial charge in [0, 0.05) is 25.8 Å². The first-order chi connectivity index (χ1) is 15.1. The number of hydrogen-bond acceptors (Lipinski definition) is 5. The number of nitrogens with zero attached hydrogens (tertiary/aromatic N) is 4. The van der Waals surface area contributed by atoms with E-state index in [0.717, 1.165) is 12.3 Å². The highest BCUT2D eigenvalue weighted by Crippen LogP contribution is 2.33. The second-order valence-corrected chi connectivity index (χ2v) is 9.79. The number of nitrogens with one attached hydrogen (secondary N) is 1. The highest BCUT2D eigenvalue weighted by Gasteiger charge is 2.38. The van der Waals surface area contributed by atoms with Crippen LogP contribution in [0.5, 0.6) is 0 Å². The number of hydrogen-bond donors (Lipinski definition) is 1. The van der Waals surface area contributed by atoms with Crippen molar-refractivity contribution < 1.29 is 27.5 Å². The number of pyridine rings is 1. The molecule has 3 rings (SSSR count).